The van der Waals surface area contributed by atoms with Gasteiger partial charge in [-0.15, -0.1) is 0 Å². The first-order valence-corrected chi connectivity index (χ1v) is 5.08. The minimum Gasteiger partial charge on any atom is -0.197 e. The second kappa shape index (κ2) is 6.35. The first-order chi connectivity index (χ1) is 5.34. The van der Waals surface area contributed by atoms with Crippen LogP contribution in [0.2, 0.25) is 0 Å². The third kappa shape index (κ3) is 3.51. The van der Waals surface area contributed by atoms with Crippen LogP contribution < -0.4 is 0 Å². The monoisotopic (exact) mass is 171 g/mol. The molecule has 1 aromatic heterocycles. The van der Waals surface area contributed by atoms with Crippen LogP contribution in [-0.4, -0.2) is 4.37 Å². The van der Waals surface area contributed by atoms with Crippen LogP contribution in [0.15, 0.2) is 11.4 Å². The molecule has 0 saturated carbocycles. The lowest BCUT2D eigenvalue weighted by Gasteiger charge is -2.00. The predicted molar refractivity (Wildman–Crippen MR) is 52.2 cm³/mol. The molecule has 0 N–H and O–H groups in total. The zero-order valence-corrected chi connectivity index (χ0v) is 8.61. The van der Waals surface area contributed by atoms with Crippen molar-refractivity contribution in [2.45, 2.75) is 40.0 Å². The molecule has 0 spiro atoms. The van der Waals surface area contributed by atoms with Gasteiger partial charge in [-0.3, -0.25) is 0 Å². The number of aromatic nitrogens is 1. The average molecular weight is 171 g/mol. The number of hydrogen-bond donors (Lipinski definition) is 0. The minimum absolute atomic E-state index is 0.635. The molecule has 0 aliphatic carbocycles. The fourth-order valence-corrected chi connectivity index (χ4v) is 1.31. The Balaban J connectivity index is 0.000000461. The summed E-state index contributed by atoms with van der Waals surface area (Å²) >= 11 is 1.53. The van der Waals surface area contributed by atoms with Crippen molar-refractivity contribution in [1.82, 2.24) is 4.37 Å². The molecule has 0 aromatic carbocycles. The second-order valence-electron chi connectivity index (χ2n) is 2.23. The quantitative estimate of drug-likeness (QED) is 0.661. The summed E-state index contributed by atoms with van der Waals surface area (Å²) in [5.74, 6) is 0.635. The van der Waals surface area contributed by atoms with E-state index in [1.165, 1.54) is 23.6 Å². The molecule has 0 aliphatic heterocycles. The highest BCUT2D eigenvalue weighted by Crippen LogP contribution is 2.16. The molecule has 1 aromatic rings. The van der Waals surface area contributed by atoms with E-state index in [9.17, 15) is 0 Å². The largest absolute Gasteiger partial charge is 0.197 e. The van der Waals surface area contributed by atoms with Crippen LogP contribution >= 0.6 is 11.5 Å². The van der Waals surface area contributed by atoms with Crippen LogP contribution in [0.1, 0.15) is 45.7 Å². The fraction of sp³-hybridized carbons (Fsp3) is 0.667. The Hall–Kier alpha value is -0.370. The van der Waals surface area contributed by atoms with Crippen molar-refractivity contribution in [1.29, 1.82) is 0 Å². The first kappa shape index (κ1) is 10.6. The van der Waals surface area contributed by atoms with Crippen LogP contribution in [0.25, 0.3) is 0 Å². The molecule has 1 unspecified atom stereocenters. The molecule has 0 bridgehead atoms. The van der Waals surface area contributed by atoms with Crippen molar-refractivity contribution in [3.63, 3.8) is 0 Å². The molecule has 1 atom stereocenters. The van der Waals surface area contributed by atoms with E-state index in [1.807, 2.05) is 19.2 Å². The normalized spacial score (nSPS) is 11.6. The van der Waals surface area contributed by atoms with Crippen LogP contribution in [0.5, 0.6) is 0 Å². The molecule has 0 aliphatic rings. The third-order valence-corrected chi connectivity index (χ3v) is 2.15. The molecule has 64 valence electrons. The topological polar surface area (TPSA) is 12.9 Å². The Morgan fingerprint density at radius 1 is 1.55 bits per heavy atom. The van der Waals surface area contributed by atoms with Gasteiger partial charge in [0.2, 0.25) is 0 Å². The van der Waals surface area contributed by atoms with Gasteiger partial charge in [0.25, 0.3) is 0 Å². The number of rotatable bonds is 2. The summed E-state index contributed by atoms with van der Waals surface area (Å²) in [6.07, 6.45) is 1.18. The van der Waals surface area contributed by atoms with Crippen molar-refractivity contribution < 1.29 is 0 Å². The van der Waals surface area contributed by atoms with E-state index in [2.05, 4.69) is 24.3 Å². The highest BCUT2D eigenvalue weighted by atomic mass is 32.1. The molecule has 11 heavy (non-hydrogen) atoms. The lowest BCUT2D eigenvalue weighted by molar-refractivity contribution is 0.717. The zero-order chi connectivity index (χ0) is 8.69. The maximum absolute atomic E-state index is 4.23. The van der Waals surface area contributed by atoms with Gasteiger partial charge in [0, 0.05) is 5.38 Å². The summed E-state index contributed by atoms with van der Waals surface area (Å²) in [6, 6.07) is 2.10. The Bertz CT molecular complexity index is 158. The van der Waals surface area contributed by atoms with E-state index >= 15 is 0 Å². The van der Waals surface area contributed by atoms with Gasteiger partial charge in [0.05, 0.1) is 5.69 Å². The van der Waals surface area contributed by atoms with E-state index in [1.54, 1.807) is 0 Å². The van der Waals surface area contributed by atoms with Crippen molar-refractivity contribution >= 4 is 11.5 Å². The maximum atomic E-state index is 4.23. The van der Waals surface area contributed by atoms with E-state index in [0.717, 1.165) is 0 Å². The average Bonchev–Trinajstić information content (AvgIpc) is 2.59. The summed E-state index contributed by atoms with van der Waals surface area (Å²) in [5, 5.41) is 2.03. The van der Waals surface area contributed by atoms with Gasteiger partial charge >= 0.3 is 0 Å². The van der Waals surface area contributed by atoms with Crippen molar-refractivity contribution in [3.05, 3.63) is 17.1 Å². The molecule has 0 radical (unpaired) electrons. The first-order valence-electron chi connectivity index (χ1n) is 4.25. The van der Waals surface area contributed by atoms with Crippen LogP contribution in [-0.2, 0) is 0 Å². The Kier molecular flexibility index (Phi) is 6.13. The van der Waals surface area contributed by atoms with Crippen molar-refractivity contribution in [2.24, 2.45) is 0 Å². The summed E-state index contributed by atoms with van der Waals surface area (Å²) in [5.41, 5.74) is 1.24. The summed E-state index contributed by atoms with van der Waals surface area (Å²) < 4.78 is 4.23. The number of hydrogen-bond acceptors (Lipinski definition) is 2. The minimum atomic E-state index is 0.635. The second-order valence-corrected chi connectivity index (χ2v) is 2.90. The lowest BCUT2D eigenvalue weighted by Crippen LogP contribution is -1.88. The highest BCUT2D eigenvalue weighted by Gasteiger charge is 2.02. The molecule has 0 amide bonds. The molecule has 1 heterocycles. The fourth-order valence-electron chi connectivity index (χ4n) is 0.685. The Labute approximate surface area is 73.6 Å². The van der Waals surface area contributed by atoms with Crippen LogP contribution in [0, 0.1) is 0 Å². The zero-order valence-electron chi connectivity index (χ0n) is 7.79. The highest BCUT2D eigenvalue weighted by molar-refractivity contribution is 7.03. The standard InChI is InChI=1S/C7H11NS.C2H6/c1-3-6(2)7-4-5-9-8-7;1-2/h4-6H,3H2,1-2H3;1-2H3. The lowest BCUT2D eigenvalue weighted by atomic mass is 10.1. The predicted octanol–water partition coefficient (Wildman–Crippen LogP) is 3.68. The molecule has 0 fully saturated rings. The van der Waals surface area contributed by atoms with Gasteiger partial charge < -0.3 is 0 Å². The number of nitrogens with zero attached hydrogens (tertiary/aromatic N) is 1. The van der Waals surface area contributed by atoms with Crippen LogP contribution in [0.3, 0.4) is 0 Å². The van der Waals surface area contributed by atoms with E-state index in [0.29, 0.717) is 5.92 Å². The Morgan fingerprint density at radius 3 is 2.55 bits per heavy atom. The van der Waals surface area contributed by atoms with Gasteiger partial charge in [-0.05, 0) is 29.9 Å². The molecular formula is C9H17NS. The molecule has 1 nitrogen and oxygen atoms in total. The van der Waals surface area contributed by atoms with E-state index in [4.69, 9.17) is 0 Å². The summed E-state index contributed by atoms with van der Waals surface area (Å²) in [6.45, 7) is 8.39. The van der Waals surface area contributed by atoms with Crippen molar-refractivity contribution in [2.75, 3.05) is 0 Å². The van der Waals surface area contributed by atoms with Gasteiger partial charge in [0.1, 0.15) is 0 Å². The maximum Gasteiger partial charge on any atom is 0.0570 e. The van der Waals surface area contributed by atoms with Gasteiger partial charge in [0.15, 0.2) is 0 Å². The Morgan fingerprint density at radius 2 is 2.18 bits per heavy atom. The molecule has 1 rings (SSSR count). The third-order valence-electron chi connectivity index (χ3n) is 1.58. The molecular weight excluding hydrogens is 154 g/mol. The summed E-state index contributed by atoms with van der Waals surface area (Å²) in [7, 11) is 0. The van der Waals surface area contributed by atoms with Gasteiger partial charge in [-0.25, -0.2) is 0 Å². The van der Waals surface area contributed by atoms with E-state index < -0.39 is 0 Å². The summed E-state index contributed by atoms with van der Waals surface area (Å²) in [4.78, 5) is 0. The van der Waals surface area contributed by atoms with Crippen LogP contribution in [0.4, 0.5) is 0 Å². The SMILES string of the molecule is CC.CCC(C)c1ccsn1. The van der Waals surface area contributed by atoms with Gasteiger partial charge in [-0.2, -0.15) is 4.37 Å². The van der Waals surface area contributed by atoms with Gasteiger partial charge in [-0.1, -0.05) is 27.7 Å². The smallest absolute Gasteiger partial charge is 0.0570 e. The van der Waals surface area contributed by atoms with Crippen molar-refractivity contribution in [3.8, 4) is 0 Å². The van der Waals surface area contributed by atoms with E-state index in [-0.39, 0.29) is 0 Å². The molecule has 2 heteroatoms. The molecule has 0 saturated heterocycles.